The summed E-state index contributed by atoms with van der Waals surface area (Å²) in [6.07, 6.45) is -0.726. The van der Waals surface area contributed by atoms with E-state index in [0.717, 1.165) is 0 Å². The van der Waals surface area contributed by atoms with Crippen molar-refractivity contribution in [3.63, 3.8) is 0 Å². The molecule has 2 aromatic rings. The van der Waals surface area contributed by atoms with Crippen molar-refractivity contribution >= 4 is 52.1 Å². The van der Waals surface area contributed by atoms with Gasteiger partial charge in [-0.25, -0.2) is 0 Å². The average molecular weight is 430 g/mol. The van der Waals surface area contributed by atoms with Gasteiger partial charge in [0.1, 0.15) is 5.75 Å². The molecule has 1 atom stereocenters. The first-order chi connectivity index (χ1) is 12.7. The fourth-order valence-corrected chi connectivity index (χ4v) is 3.51. The first-order valence-electron chi connectivity index (χ1n) is 8.09. The zero-order valence-electron chi connectivity index (χ0n) is 14.4. The van der Waals surface area contributed by atoms with Crippen molar-refractivity contribution < 1.29 is 14.5 Å². The molecule has 1 unspecified atom stereocenters. The molecule has 0 spiro atoms. The van der Waals surface area contributed by atoms with E-state index in [9.17, 15) is 14.9 Å². The van der Waals surface area contributed by atoms with E-state index in [1.807, 2.05) is 13.8 Å². The number of ether oxygens (including phenoxy) is 1. The third kappa shape index (κ3) is 3.70. The lowest BCUT2D eigenvalue weighted by Crippen LogP contribution is -2.48. The first-order valence-corrected chi connectivity index (χ1v) is 9.23. The van der Waals surface area contributed by atoms with Gasteiger partial charge in [-0.05, 0) is 24.1 Å². The second-order valence-electron chi connectivity index (χ2n) is 6.44. The summed E-state index contributed by atoms with van der Waals surface area (Å²) in [6, 6.07) is 7.28. The summed E-state index contributed by atoms with van der Waals surface area (Å²) in [6.45, 7) is 3.73. The van der Waals surface area contributed by atoms with Gasteiger partial charge in [-0.2, -0.15) is 0 Å². The third-order valence-electron chi connectivity index (χ3n) is 4.27. The molecule has 0 aliphatic carbocycles. The number of halogens is 3. The predicted octanol–water partition coefficient (Wildman–Crippen LogP) is 5.51. The Morgan fingerprint density at radius 1 is 1.19 bits per heavy atom. The van der Waals surface area contributed by atoms with E-state index >= 15 is 0 Å². The molecular formula is C18H15Cl3N2O4. The SMILES string of the molecule is CC(C)C1Oc2ccc([N+](=O)[O-])cc2N(Cc2c(Cl)ccc(Cl)c2Cl)C1=O. The maximum atomic E-state index is 13.0. The van der Waals surface area contributed by atoms with Crippen LogP contribution in [0.4, 0.5) is 11.4 Å². The fraction of sp³-hybridized carbons (Fsp3) is 0.278. The Morgan fingerprint density at radius 3 is 2.48 bits per heavy atom. The summed E-state index contributed by atoms with van der Waals surface area (Å²) in [5.74, 6) is -0.0491. The number of amides is 1. The molecule has 0 radical (unpaired) electrons. The number of anilines is 1. The molecule has 0 aromatic heterocycles. The van der Waals surface area contributed by atoms with Crippen molar-refractivity contribution in [2.24, 2.45) is 5.92 Å². The van der Waals surface area contributed by atoms with Gasteiger partial charge in [0.25, 0.3) is 11.6 Å². The van der Waals surface area contributed by atoms with Gasteiger partial charge in [-0.1, -0.05) is 48.7 Å². The highest BCUT2D eigenvalue weighted by atomic mass is 35.5. The van der Waals surface area contributed by atoms with Crippen LogP contribution in [0.3, 0.4) is 0 Å². The number of nitrogens with zero attached hydrogens (tertiary/aromatic N) is 2. The van der Waals surface area contributed by atoms with E-state index in [1.54, 1.807) is 12.1 Å². The number of nitro groups is 1. The van der Waals surface area contributed by atoms with Crippen LogP contribution in [0.5, 0.6) is 5.75 Å². The second-order valence-corrected chi connectivity index (χ2v) is 7.63. The van der Waals surface area contributed by atoms with Crippen LogP contribution in [0.25, 0.3) is 0 Å². The molecule has 0 N–H and O–H groups in total. The molecule has 142 valence electrons. The van der Waals surface area contributed by atoms with E-state index in [1.165, 1.54) is 23.1 Å². The molecular weight excluding hydrogens is 415 g/mol. The van der Waals surface area contributed by atoms with E-state index in [-0.39, 0.29) is 29.1 Å². The van der Waals surface area contributed by atoms with Crippen LogP contribution in [0.15, 0.2) is 30.3 Å². The zero-order chi connectivity index (χ0) is 19.9. The number of rotatable bonds is 4. The van der Waals surface area contributed by atoms with Gasteiger partial charge in [-0.15, -0.1) is 0 Å². The lowest BCUT2D eigenvalue weighted by molar-refractivity contribution is -0.384. The number of carbonyl (C=O) groups excluding carboxylic acids is 1. The van der Waals surface area contributed by atoms with Gasteiger partial charge < -0.3 is 9.64 Å². The van der Waals surface area contributed by atoms with Crippen molar-refractivity contribution in [1.82, 2.24) is 0 Å². The van der Waals surface area contributed by atoms with E-state index in [2.05, 4.69) is 0 Å². The first kappa shape index (κ1) is 19.7. The number of hydrogen-bond donors (Lipinski definition) is 0. The summed E-state index contributed by atoms with van der Waals surface area (Å²) >= 11 is 18.6. The maximum absolute atomic E-state index is 13.0. The van der Waals surface area contributed by atoms with Gasteiger partial charge in [0.2, 0.25) is 0 Å². The van der Waals surface area contributed by atoms with E-state index < -0.39 is 11.0 Å². The van der Waals surface area contributed by atoms with Crippen LogP contribution in [-0.4, -0.2) is 16.9 Å². The number of fused-ring (bicyclic) bond motifs is 1. The normalized spacial score (nSPS) is 16.3. The summed E-state index contributed by atoms with van der Waals surface area (Å²) in [4.78, 5) is 25.1. The quantitative estimate of drug-likeness (QED) is 0.365. The molecule has 1 aliphatic rings. The number of nitro benzene ring substituents is 1. The molecule has 0 bridgehead atoms. The molecule has 9 heteroatoms. The summed E-state index contributed by atoms with van der Waals surface area (Å²) in [7, 11) is 0. The van der Waals surface area contributed by atoms with Crippen LogP contribution < -0.4 is 9.64 Å². The number of carbonyl (C=O) groups is 1. The van der Waals surface area contributed by atoms with Crippen LogP contribution >= 0.6 is 34.8 Å². The molecule has 0 saturated heterocycles. The minimum absolute atomic E-state index is 0.0117. The molecule has 6 nitrogen and oxygen atoms in total. The lowest BCUT2D eigenvalue weighted by Gasteiger charge is -2.36. The van der Waals surface area contributed by atoms with Crippen LogP contribution in [0.2, 0.25) is 15.1 Å². The molecule has 27 heavy (non-hydrogen) atoms. The van der Waals surface area contributed by atoms with Gasteiger partial charge >= 0.3 is 0 Å². The summed E-state index contributed by atoms with van der Waals surface area (Å²) in [5.41, 5.74) is 0.598. The predicted molar refractivity (Wildman–Crippen MR) is 105 cm³/mol. The smallest absolute Gasteiger partial charge is 0.271 e. The highest BCUT2D eigenvalue weighted by molar-refractivity contribution is 6.44. The standard InChI is InChI=1S/C18H15Cl3N2O4/c1-9(2)17-18(24)22(8-11-12(19)4-5-13(20)16(11)21)14-7-10(23(25)26)3-6-15(14)27-17/h3-7,9,17H,8H2,1-2H3. The van der Waals surface area contributed by atoms with Crippen LogP contribution in [-0.2, 0) is 11.3 Å². The average Bonchev–Trinajstić information content (AvgIpc) is 2.62. The molecule has 2 aromatic carbocycles. The van der Waals surface area contributed by atoms with Crippen LogP contribution in [0.1, 0.15) is 19.4 Å². The van der Waals surface area contributed by atoms with Crippen LogP contribution in [0, 0.1) is 16.0 Å². The van der Waals surface area contributed by atoms with Crippen molar-refractivity contribution in [1.29, 1.82) is 0 Å². The third-order valence-corrected chi connectivity index (χ3v) is 5.47. The lowest BCUT2D eigenvalue weighted by atomic mass is 10.0. The maximum Gasteiger partial charge on any atom is 0.271 e. The molecule has 1 aliphatic heterocycles. The van der Waals surface area contributed by atoms with Gasteiger partial charge in [0.15, 0.2) is 6.10 Å². The van der Waals surface area contributed by atoms with Gasteiger partial charge in [-0.3, -0.25) is 14.9 Å². The highest BCUT2D eigenvalue weighted by Crippen LogP contribution is 2.41. The largest absolute Gasteiger partial charge is 0.478 e. The Bertz CT molecular complexity index is 933. The molecule has 3 rings (SSSR count). The van der Waals surface area contributed by atoms with Crippen molar-refractivity contribution in [3.05, 3.63) is 61.1 Å². The Balaban J connectivity index is 2.12. The van der Waals surface area contributed by atoms with E-state index in [0.29, 0.717) is 27.0 Å². The molecule has 0 saturated carbocycles. The van der Waals surface area contributed by atoms with Crippen molar-refractivity contribution in [3.8, 4) is 5.75 Å². The minimum atomic E-state index is -0.726. The monoisotopic (exact) mass is 428 g/mol. The van der Waals surface area contributed by atoms with Gasteiger partial charge in [0, 0.05) is 22.7 Å². The Labute approximate surface area is 170 Å². The Morgan fingerprint density at radius 2 is 1.85 bits per heavy atom. The van der Waals surface area contributed by atoms with Crippen molar-refractivity contribution in [2.75, 3.05) is 4.90 Å². The Hall–Kier alpha value is -2.02. The Kier molecular flexibility index (Phi) is 5.51. The number of non-ortho nitro benzene ring substituents is 1. The topological polar surface area (TPSA) is 72.7 Å². The van der Waals surface area contributed by atoms with Crippen molar-refractivity contribution in [2.45, 2.75) is 26.5 Å². The molecule has 1 amide bonds. The van der Waals surface area contributed by atoms with Gasteiger partial charge in [0.05, 0.1) is 27.2 Å². The number of hydrogen-bond acceptors (Lipinski definition) is 4. The highest BCUT2D eigenvalue weighted by Gasteiger charge is 2.37. The second kappa shape index (κ2) is 7.54. The summed E-state index contributed by atoms with van der Waals surface area (Å²) in [5, 5.41) is 12.0. The number of benzene rings is 2. The minimum Gasteiger partial charge on any atom is -0.478 e. The summed E-state index contributed by atoms with van der Waals surface area (Å²) < 4.78 is 5.79. The zero-order valence-corrected chi connectivity index (χ0v) is 16.7. The molecule has 1 heterocycles. The fourth-order valence-electron chi connectivity index (χ4n) is 2.85. The van der Waals surface area contributed by atoms with E-state index in [4.69, 9.17) is 39.5 Å². The molecule has 0 fully saturated rings.